The molecule has 1 unspecified atom stereocenters. The lowest BCUT2D eigenvalue weighted by Crippen LogP contribution is -2.38. The topological polar surface area (TPSA) is 43.1 Å². The summed E-state index contributed by atoms with van der Waals surface area (Å²) in [6.45, 7) is 8.03. The van der Waals surface area contributed by atoms with Gasteiger partial charge in [0.1, 0.15) is 0 Å². The van der Waals surface area contributed by atoms with Crippen LogP contribution in [0.25, 0.3) is 0 Å². The summed E-state index contributed by atoms with van der Waals surface area (Å²) in [6, 6.07) is -0.272. The maximum absolute atomic E-state index is 11.5. The number of hydrogen-bond donors (Lipinski definition) is 1. The number of carbonyl (C=O) groups excluding carboxylic acids is 1. The van der Waals surface area contributed by atoms with Gasteiger partial charge in [0.05, 0.1) is 6.04 Å². The zero-order valence-corrected chi connectivity index (χ0v) is 8.63. The standard InChI is InChI=1S/C10H21NO/c1-5-6-8(4)10(12)9(11)7(2)3/h7-9H,5-6,11H2,1-4H3/t8?,9-/m0/s1. The lowest BCUT2D eigenvalue weighted by Gasteiger charge is -2.18. The first kappa shape index (κ1) is 11.6. The molecule has 0 aromatic heterocycles. The molecule has 0 bridgehead atoms. The lowest BCUT2D eigenvalue weighted by molar-refractivity contribution is -0.124. The third-order valence-corrected chi connectivity index (χ3v) is 2.25. The lowest BCUT2D eigenvalue weighted by atomic mass is 9.90. The molecule has 0 saturated carbocycles. The molecule has 0 spiro atoms. The number of Topliss-reactive ketones (excluding diaryl/α,β-unsaturated/α-hetero) is 1. The van der Waals surface area contributed by atoms with Gasteiger partial charge in [-0.05, 0) is 12.3 Å². The van der Waals surface area contributed by atoms with Crippen molar-refractivity contribution in [3.05, 3.63) is 0 Å². The molecule has 0 aliphatic heterocycles. The van der Waals surface area contributed by atoms with Crippen LogP contribution in [0.15, 0.2) is 0 Å². The van der Waals surface area contributed by atoms with Gasteiger partial charge in [-0.2, -0.15) is 0 Å². The van der Waals surface area contributed by atoms with E-state index in [-0.39, 0.29) is 23.7 Å². The molecule has 2 atom stereocenters. The van der Waals surface area contributed by atoms with Crippen molar-refractivity contribution >= 4 is 5.78 Å². The molecule has 12 heavy (non-hydrogen) atoms. The van der Waals surface area contributed by atoms with Crippen LogP contribution >= 0.6 is 0 Å². The van der Waals surface area contributed by atoms with Crippen LogP contribution < -0.4 is 5.73 Å². The molecule has 0 radical (unpaired) electrons. The summed E-state index contributed by atoms with van der Waals surface area (Å²) in [4.78, 5) is 11.5. The Morgan fingerprint density at radius 1 is 1.33 bits per heavy atom. The van der Waals surface area contributed by atoms with Crippen molar-refractivity contribution < 1.29 is 4.79 Å². The highest BCUT2D eigenvalue weighted by Crippen LogP contribution is 2.11. The minimum absolute atomic E-state index is 0.132. The third kappa shape index (κ3) is 3.35. The van der Waals surface area contributed by atoms with E-state index in [0.717, 1.165) is 12.8 Å². The predicted octanol–water partition coefficient (Wildman–Crippen LogP) is 1.98. The van der Waals surface area contributed by atoms with Crippen molar-refractivity contribution in [2.75, 3.05) is 0 Å². The Balaban J connectivity index is 4.00. The van der Waals surface area contributed by atoms with E-state index in [1.165, 1.54) is 0 Å². The summed E-state index contributed by atoms with van der Waals surface area (Å²) in [5, 5.41) is 0. The van der Waals surface area contributed by atoms with Gasteiger partial charge in [0, 0.05) is 5.92 Å². The van der Waals surface area contributed by atoms with E-state index in [4.69, 9.17) is 5.73 Å². The Morgan fingerprint density at radius 3 is 2.17 bits per heavy atom. The van der Waals surface area contributed by atoms with E-state index in [9.17, 15) is 4.79 Å². The van der Waals surface area contributed by atoms with E-state index in [1.54, 1.807) is 0 Å². The molecule has 2 N–H and O–H groups in total. The second kappa shape index (κ2) is 5.31. The first-order valence-electron chi connectivity index (χ1n) is 4.80. The molecule has 2 heteroatoms. The maximum Gasteiger partial charge on any atom is 0.152 e. The molecule has 0 aliphatic carbocycles. The van der Waals surface area contributed by atoms with Crippen LogP contribution in [0.3, 0.4) is 0 Å². The van der Waals surface area contributed by atoms with Gasteiger partial charge < -0.3 is 5.73 Å². The molecule has 0 rings (SSSR count). The Labute approximate surface area is 75.5 Å². The SMILES string of the molecule is CCCC(C)C(=O)[C@@H](N)C(C)C. The van der Waals surface area contributed by atoms with E-state index in [0.29, 0.717) is 0 Å². The molecule has 0 amide bonds. The molecular formula is C10H21NO. The van der Waals surface area contributed by atoms with Gasteiger partial charge in [0.15, 0.2) is 5.78 Å². The molecule has 0 aliphatic rings. The van der Waals surface area contributed by atoms with Crippen LogP contribution in [0.1, 0.15) is 40.5 Å². The second-order valence-electron chi connectivity index (χ2n) is 3.86. The smallest absolute Gasteiger partial charge is 0.152 e. The summed E-state index contributed by atoms with van der Waals surface area (Å²) >= 11 is 0. The number of hydrogen-bond acceptors (Lipinski definition) is 2. The Bertz CT molecular complexity index is 143. The third-order valence-electron chi connectivity index (χ3n) is 2.25. The molecule has 72 valence electrons. The monoisotopic (exact) mass is 171 g/mol. The Hall–Kier alpha value is -0.370. The summed E-state index contributed by atoms with van der Waals surface area (Å²) in [5.74, 6) is 0.607. The van der Waals surface area contributed by atoms with Gasteiger partial charge in [-0.15, -0.1) is 0 Å². The average molecular weight is 171 g/mol. The number of carbonyl (C=O) groups is 1. The molecule has 2 nitrogen and oxygen atoms in total. The van der Waals surface area contributed by atoms with Crippen LogP contribution in [-0.2, 0) is 4.79 Å². The second-order valence-corrected chi connectivity index (χ2v) is 3.86. The van der Waals surface area contributed by atoms with Crippen LogP contribution in [-0.4, -0.2) is 11.8 Å². The molecule has 0 aromatic rings. The van der Waals surface area contributed by atoms with Crippen molar-refractivity contribution in [1.29, 1.82) is 0 Å². The van der Waals surface area contributed by atoms with Gasteiger partial charge >= 0.3 is 0 Å². The molecular weight excluding hydrogens is 150 g/mol. The van der Waals surface area contributed by atoms with E-state index in [2.05, 4.69) is 6.92 Å². The van der Waals surface area contributed by atoms with Gasteiger partial charge in [-0.1, -0.05) is 34.1 Å². The van der Waals surface area contributed by atoms with E-state index in [1.807, 2.05) is 20.8 Å². The van der Waals surface area contributed by atoms with Gasteiger partial charge in [-0.3, -0.25) is 4.79 Å². The maximum atomic E-state index is 11.5. The Kier molecular flexibility index (Phi) is 5.14. The highest BCUT2D eigenvalue weighted by atomic mass is 16.1. The normalized spacial score (nSPS) is 16.2. The number of rotatable bonds is 5. The van der Waals surface area contributed by atoms with Crippen molar-refractivity contribution in [1.82, 2.24) is 0 Å². The van der Waals surface area contributed by atoms with Crippen LogP contribution in [0.2, 0.25) is 0 Å². The van der Waals surface area contributed by atoms with Crippen LogP contribution in [0.5, 0.6) is 0 Å². The van der Waals surface area contributed by atoms with Crippen molar-refractivity contribution in [3.63, 3.8) is 0 Å². The molecule has 0 fully saturated rings. The van der Waals surface area contributed by atoms with Gasteiger partial charge in [0.2, 0.25) is 0 Å². The zero-order valence-electron chi connectivity index (χ0n) is 8.63. The van der Waals surface area contributed by atoms with Crippen molar-refractivity contribution in [2.45, 2.75) is 46.6 Å². The predicted molar refractivity (Wildman–Crippen MR) is 51.9 cm³/mol. The number of nitrogens with two attached hydrogens (primary N) is 1. The summed E-state index contributed by atoms with van der Waals surface area (Å²) in [6.07, 6.45) is 2.01. The van der Waals surface area contributed by atoms with Gasteiger partial charge in [-0.25, -0.2) is 0 Å². The summed E-state index contributed by atoms with van der Waals surface area (Å²) < 4.78 is 0. The van der Waals surface area contributed by atoms with E-state index < -0.39 is 0 Å². The first-order chi connectivity index (χ1) is 5.50. The van der Waals surface area contributed by atoms with Crippen LogP contribution in [0, 0.1) is 11.8 Å². The van der Waals surface area contributed by atoms with Crippen molar-refractivity contribution in [2.24, 2.45) is 17.6 Å². The molecule has 0 saturated heterocycles. The highest BCUT2D eigenvalue weighted by Gasteiger charge is 2.21. The fourth-order valence-electron chi connectivity index (χ4n) is 1.23. The van der Waals surface area contributed by atoms with E-state index >= 15 is 0 Å². The van der Waals surface area contributed by atoms with Crippen LogP contribution in [0.4, 0.5) is 0 Å². The first-order valence-corrected chi connectivity index (χ1v) is 4.80. The number of ketones is 1. The van der Waals surface area contributed by atoms with Gasteiger partial charge in [0.25, 0.3) is 0 Å². The highest BCUT2D eigenvalue weighted by molar-refractivity contribution is 5.85. The fraction of sp³-hybridized carbons (Fsp3) is 0.900. The largest absolute Gasteiger partial charge is 0.321 e. The average Bonchev–Trinajstić information content (AvgIpc) is 2.02. The Morgan fingerprint density at radius 2 is 1.83 bits per heavy atom. The quantitative estimate of drug-likeness (QED) is 0.687. The fourth-order valence-corrected chi connectivity index (χ4v) is 1.23. The minimum atomic E-state index is -0.272. The summed E-state index contributed by atoms with van der Waals surface area (Å²) in [5.41, 5.74) is 5.74. The summed E-state index contributed by atoms with van der Waals surface area (Å²) in [7, 11) is 0. The zero-order chi connectivity index (χ0) is 9.72. The minimum Gasteiger partial charge on any atom is -0.321 e. The molecule has 0 aromatic carbocycles. The van der Waals surface area contributed by atoms with Crippen molar-refractivity contribution in [3.8, 4) is 0 Å². The molecule has 0 heterocycles.